The molecule has 0 amide bonds. The zero-order valence-corrected chi connectivity index (χ0v) is 4.99. The van der Waals surface area contributed by atoms with Crippen molar-refractivity contribution in [1.82, 2.24) is 0 Å². The highest BCUT2D eigenvalue weighted by atomic mass is 13.9. The van der Waals surface area contributed by atoms with Crippen molar-refractivity contribution >= 4 is 0 Å². The van der Waals surface area contributed by atoms with Crippen molar-refractivity contribution in [3.05, 3.63) is 18.4 Å². The van der Waals surface area contributed by atoms with Gasteiger partial charge in [0.25, 0.3) is 0 Å². The Bertz CT molecular complexity index is 76.0. The highest BCUT2D eigenvalue weighted by Gasteiger charge is 1.95. The van der Waals surface area contributed by atoms with Gasteiger partial charge in [-0.15, -0.1) is 0 Å². The van der Waals surface area contributed by atoms with Gasteiger partial charge in [0.1, 0.15) is 17.7 Å². The van der Waals surface area contributed by atoms with Crippen LogP contribution in [0.4, 0.5) is 0 Å². The summed E-state index contributed by atoms with van der Waals surface area (Å²) in [6, 6.07) is 0. The van der Waals surface area contributed by atoms with Gasteiger partial charge in [0.05, 0.1) is 6.58 Å². The van der Waals surface area contributed by atoms with Crippen LogP contribution in [-0.4, -0.2) is 0 Å². The van der Waals surface area contributed by atoms with E-state index in [1.54, 1.807) is 0 Å². The molecule has 1 atom stereocenters. The predicted molar refractivity (Wildman–Crippen MR) is 31.8 cm³/mol. The Hall–Kier alpha value is -0.570. The Morgan fingerprint density at radius 2 is 2.43 bits per heavy atom. The molecule has 0 rings (SSSR count). The van der Waals surface area contributed by atoms with Crippen LogP contribution in [-0.2, 0) is 0 Å². The van der Waals surface area contributed by atoms with Crippen molar-refractivity contribution in [1.29, 1.82) is 0 Å². The minimum Gasteiger partial charge on any atom is -0.0624 e. The van der Waals surface area contributed by atoms with Crippen molar-refractivity contribution in [2.24, 2.45) is 5.92 Å². The number of rotatable bonds is 2. The minimum atomic E-state index is 0.525. The summed E-state index contributed by atoms with van der Waals surface area (Å²) < 4.78 is 0. The first-order chi connectivity index (χ1) is 3.31. The Labute approximate surface area is 45.5 Å². The zero-order valence-electron chi connectivity index (χ0n) is 4.99. The summed E-state index contributed by atoms with van der Waals surface area (Å²) in [6.45, 7) is 7.63. The van der Waals surface area contributed by atoms with Crippen LogP contribution in [0.5, 0.6) is 0 Å². The first-order valence-electron chi connectivity index (χ1n) is 2.58. The average molecular weight is 95.2 g/mol. The topological polar surface area (TPSA) is 0 Å². The Balaban J connectivity index is 3.35. The molecule has 0 aromatic rings. The molecule has 0 aromatic carbocycles. The third-order valence-corrected chi connectivity index (χ3v) is 0.961. The smallest absolute Gasteiger partial charge is 0.0624 e. The Kier molecular flexibility index (Phi) is 3.32. The van der Waals surface area contributed by atoms with E-state index in [2.05, 4.69) is 32.2 Å². The first kappa shape index (κ1) is 6.43. The maximum absolute atomic E-state index is 3.41. The third-order valence-electron chi connectivity index (χ3n) is 0.961. The van der Waals surface area contributed by atoms with Gasteiger partial charge in [-0.05, 0) is 13.3 Å². The van der Waals surface area contributed by atoms with Gasteiger partial charge < -0.3 is 0 Å². The molecule has 1 unspecified atom stereocenters. The van der Waals surface area contributed by atoms with E-state index < -0.39 is 0 Å². The van der Waals surface area contributed by atoms with E-state index in [1.165, 1.54) is 0 Å². The fraction of sp³-hybridized carbons (Fsp3) is 0.571. The summed E-state index contributed by atoms with van der Waals surface area (Å²) in [7, 11) is 0. The maximum atomic E-state index is 3.41. The molecule has 0 bridgehead atoms. The van der Waals surface area contributed by atoms with E-state index in [1.807, 2.05) is 0 Å². The van der Waals surface area contributed by atoms with E-state index in [-0.39, 0.29) is 0 Å². The quantitative estimate of drug-likeness (QED) is 0.364. The molecule has 7 heavy (non-hydrogen) atoms. The van der Waals surface area contributed by atoms with Gasteiger partial charge >= 0.3 is 0 Å². The van der Waals surface area contributed by atoms with Crippen LogP contribution in [0.2, 0.25) is 0 Å². The molecule has 0 aliphatic carbocycles. The molecule has 0 aliphatic heterocycles. The number of hydrogen-bond acceptors (Lipinski definition) is 0. The maximum Gasteiger partial charge on any atom is 0.136 e. The molecule has 0 fully saturated rings. The van der Waals surface area contributed by atoms with Gasteiger partial charge in [-0.3, -0.25) is 0 Å². The van der Waals surface area contributed by atoms with Crippen LogP contribution < -0.4 is 0 Å². The zero-order chi connectivity index (χ0) is 5.70. The van der Waals surface area contributed by atoms with Crippen molar-refractivity contribution in [3.63, 3.8) is 0 Å². The molecular formula is C7H11+. The van der Waals surface area contributed by atoms with Gasteiger partial charge in [0.2, 0.25) is 0 Å². The molecule has 0 saturated carbocycles. The normalized spacial score (nSPS) is 11.7. The SMILES string of the molecule is C=C=[C+]C(C)CC. The van der Waals surface area contributed by atoms with Gasteiger partial charge in [-0.25, -0.2) is 0 Å². The lowest BCUT2D eigenvalue weighted by molar-refractivity contribution is 0.680. The van der Waals surface area contributed by atoms with Crippen molar-refractivity contribution in [2.75, 3.05) is 0 Å². The number of hydrogen-bond donors (Lipinski definition) is 0. The van der Waals surface area contributed by atoms with E-state index >= 15 is 0 Å². The minimum absolute atomic E-state index is 0.525. The molecular weight excluding hydrogens is 84.1 g/mol. The van der Waals surface area contributed by atoms with Crippen LogP contribution in [0, 0.1) is 12.0 Å². The summed E-state index contributed by atoms with van der Waals surface area (Å²) in [5.74, 6) is 0.525. The highest BCUT2D eigenvalue weighted by Crippen LogP contribution is 1.97. The monoisotopic (exact) mass is 95.1 g/mol. The Morgan fingerprint density at radius 3 is 2.57 bits per heavy atom. The molecule has 0 saturated heterocycles. The average Bonchev–Trinajstić information content (AvgIpc) is 1.68. The van der Waals surface area contributed by atoms with Gasteiger partial charge in [0, 0.05) is 0 Å². The van der Waals surface area contributed by atoms with Crippen molar-refractivity contribution in [2.45, 2.75) is 20.3 Å². The molecule has 0 aromatic heterocycles. The second kappa shape index (κ2) is 3.61. The molecule has 0 N–H and O–H groups in total. The lowest BCUT2D eigenvalue weighted by Crippen LogP contribution is -1.82. The molecule has 0 aliphatic rings. The van der Waals surface area contributed by atoms with Gasteiger partial charge in [-0.1, -0.05) is 6.92 Å². The van der Waals surface area contributed by atoms with E-state index in [9.17, 15) is 0 Å². The molecule has 0 spiro atoms. The Morgan fingerprint density at radius 1 is 1.86 bits per heavy atom. The summed E-state index contributed by atoms with van der Waals surface area (Å²) in [5, 5.41) is 0. The molecule has 38 valence electrons. The second-order valence-corrected chi connectivity index (χ2v) is 1.63. The third kappa shape index (κ3) is 3.26. The van der Waals surface area contributed by atoms with E-state index in [0.717, 1.165) is 6.42 Å². The lowest BCUT2D eigenvalue weighted by atomic mass is 10.1. The molecule has 0 nitrogen and oxygen atoms in total. The largest absolute Gasteiger partial charge is 0.136 e. The van der Waals surface area contributed by atoms with Crippen LogP contribution in [0.15, 0.2) is 12.3 Å². The molecule has 0 radical (unpaired) electrons. The fourth-order valence-electron chi connectivity index (χ4n) is 0.276. The summed E-state index contributed by atoms with van der Waals surface area (Å²) in [4.78, 5) is 0. The molecule has 0 heteroatoms. The fourth-order valence-corrected chi connectivity index (χ4v) is 0.276. The number of allylic oxidation sites excluding steroid dienone is 1. The van der Waals surface area contributed by atoms with Crippen LogP contribution >= 0.6 is 0 Å². The van der Waals surface area contributed by atoms with E-state index in [0.29, 0.717) is 5.92 Å². The highest BCUT2D eigenvalue weighted by molar-refractivity contribution is 4.70. The van der Waals surface area contributed by atoms with Gasteiger partial charge in [0.15, 0.2) is 0 Å². The van der Waals surface area contributed by atoms with Crippen molar-refractivity contribution in [3.8, 4) is 0 Å². The predicted octanol–water partition coefficient (Wildman–Crippen LogP) is 2.18. The second-order valence-electron chi connectivity index (χ2n) is 1.63. The van der Waals surface area contributed by atoms with Crippen LogP contribution in [0.3, 0.4) is 0 Å². The van der Waals surface area contributed by atoms with Crippen molar-refractivity contribution < 1.29 is 0 Å². The summed E-state index contributed by atoms with van der Waals surface area (Å²) in [5.41, 5.74) is 2.62. The standard InChI is InChI=1S/C7H11/c1-4-6-7(3)5-2/h7H,1,5H2,2-3H3/q+1. The van der Waals surface area contributed by atoms with Crippen LogP contribution in [0.1, 0.15) is 20.3 Å². The summed E-state index contributed by atoms with van der Waals surface area (Å²) in [6.07, 6.45) is 4.06. The summed E-state index contributed by atoms with van der Waals surface area (Å²) >= 11 is 0. The van der Waals surface area contributed by atoms with Gasteiger partial charge in [-0.2, -0.15) is 0 Å². The molecule has 0 heterocycles. The van der Waals surface area contributed by atoms with E-state index in [4.69, 9.17) is 0 Å². The first-order valence-corrected chi connectivity index (χ1v) is 2.58. The van der Waals surface area contributed by atoms with Crippen LogP contribution in [0.25, 0.3) is 0 Å². The lowest BCUT2D eigenvalue weighted by Gasteiger charge is -1.84.